The summed E-state index contributed by atoms with van der Waals surface area (Å²) in [6.45, 7) is 1.81. The molecule has 18 heavy (non-hydrogen) atoms. The van der Waals surface area contributed by atoms with E-state index < -0.39 is 5.97 Å². The number of carboxylic acids is 1. The molecule has 2 N–H and O–H groups in total. The van der Waals surface area contributed by atoms with E-state index in [4.69, 9.17) is 5.11 Å². The van der Waals surface area contributed by atoms with Gasteiger partial charge in [-0.1, -0.05) is 6.07 Å². The molecule has 4 nitrogen and oxygen atoms in total. The van der Waals surface area contributed by atoms with E-state index in [1.54, 1.807) is 0 Å². The zero-order chi connectivity index (χ0) is 12.7. The summed E-state index contributed by atoms with van der Waals surface area (Å²) in [5, 5.41) is 11.0. The van der Waals surface area contributed by atoms with Crippen molar-refractivity contribution in [2.24, 2.45) is 0 Å². The Morgan fingerprint density at radius 3 is 3.00 bits per heavy atom. The lowest BCUT2D eigenvalue weighted by Gasteiger charge is -1.99. The molecule has 1 aromatic carbocycles. The fraction of sp³-hybridized carbons (Fsp3) is 0.0769. The van der Waals surface area contributed by atoms with E-state index in [-0.39, 0.29) is 5.69 Å². The number of nitrogens with one attached hydrogen (secondary N) is 1. The predicted octanol–water partition coefficient (Wildman–Crippen LogP) is 3.30. The fourth-order valence-electron chi connectivity index (χ4n) is 1.96. The van der Waals surface area contributed by atoms with Gasteiger partial charge in [-0.25, -0.2) is 9.78 Å². The highest BCUT2D eigenvalue weighted by Crippen LogP contribution is 2.32. The van der Waals surface area contributed by atoms with Gasteiger partial charge in [-0.2, -0.15) is 0 Å². The molecule has 0 radical (unpaired) electrons. The molecule has 90 valence electrons. The van der Waals surface area contributed by atoms with Gasteiger partial charge in [0.15, 0.2) is 5.69 Å². The van der Waals surface area contributed by atoms with E-state index >= 15 is 0 Å². The number of fused-ring (bicyclic) bond motifs is 1. The van der Waals surface area contributed by atoms with Gasteiger partial charge in [-0.3, -0.25) is 0 Å². The molecule has 0 atom stereocenters. The number of hydrogen-bond donors (Lipinski definition) is 2. The van der Waals surface area contributed by atoms with Crippen LogP contribution in [0.25, 0.3) is 21.3 Å². The Kier molecular flexibility index (Phi) is 2.41. The molecular weight excluding hydrogens is 248 g/mol. The average molecular weight is 258 g/mol. The van der Waals surface area contributed by atoms with E-state index in [1.807, 2.05) is 37.4 Å². The Labute approximate surface area is 107 Å². The number of aromatic nitrogens is 2. The molecule has 0 saturated carbocycles. The number of aromatic amines is 1. The highest BCUT2D eigenvalue weighted by Gasteiger charge is 2.17. The van der Waals surface area contributed by atoms with E-state index in [2.05, 4.69) is 9.97 Å². The number of aromatic carboxylic acids is 1. The molecule has 0 amide bonds. The van der Waals surface area contributed by atoms with Gasteiger partial charge < -0.3 is 10.1 Å². The summed E-state index contributed by atoms with van der Waals surface area (Å²) in [5.74, 6) is -0.983. The number of thiazole rings is 1. The number of hydrogen-bond acceptors (Lipinski definition) is 3. The molecule has 0 aliphatic carbocycles. The first-order valence-electron chi connectivity index (χ1n) is 5.43. The predicted molar refractivity (Wildman–Crippen MR) is 71.1 cm³/mol. The van der Waals surface area contributed by atoms with Crippen LogP contribution in [0, 0.1) is 6.92 Å². The molecular formula is C13H10N2O2S. The molecule has 0 aliphatic heterocycles. The minimum atomic E-state index is -0.983. The minimum Gasteiger partial charge on any atom is -0.476 e. The molecule has 0 unspecified atom stereocenters. The number of carboxylic acid groups (broad SMARTS) is 1. The van der Waals surface area contributed by atoms with E-state index in [0.717, 1.165) is 21.5 Å². The monoisotopic (exact) mass is 258 g/mol. The van der Waals surface area contributed by atoms with Crippen LogP contribution in [0.3, 0.4) is 0 Å². The molecule has 0 spiro atoms. The van der Waals surface area contributed by atoms with Crippen LogP contribution in [-0.2, 0) is 0 Å². The van der Waals surface area contributed by atoms with Crippen LogP contribution in [0.4, 0.5) is 0 Å². The van der Waals surface area contributed by atoms with E-state index in [0.29, 0.717) is 4.88 Å². The van der Waals surface area contributed by atoms with Crippen molar-refractivity contribution in [2.75, 3.05) is 0 Å². The lowest BCUT2D eigenvalue weighted by atomic mass is 10.1. The Morgan fingerprint density at radius 2 is 2.22 bits per heavy atom. The van der Waals surface area contributed by atoms with E-state index in [9.17, 15) is 4.79 Å². The molecule has 0 aliphatic rings. The second kappa shape index (κ2) is 3.96. The largest absolute Gasteiger partial charge is 0.476 e. The van der Waals surface area contributed by atoms with Crippen LogP contribution < -0.4 is 0 Å². The van der Waals surface area contributed by atoms with Crippen LogP contribution in [0.15, 0.2) is 30.5 Å². The maximum atomic E-state index is 11.2. The van der Waals surface area contributed by atoms with Crippen LogP contribution in [-0.4, -0.2) is 21.0 Å². The maximum absolute atomic E-state index is 11.2. The molecule has 0 saturated heterocycles. The number of H-pyrrole nitrogens is 1. The smallest absolute Gasteiger partial charge is 0.356 e. The SMILES string of the molecule is Cc1nc(C(=O)O)c(-c2ccc3[nH]ccc3c2)s1. The Hall–Kier alpha value is -2.14. The van der Waals surface area contributed by atoms with Gasteiger partial charge in [0.2, 0.25) is 0 Å². The summed E-state index contributed by atoms with van der Waals surface area (Å²) in [6, 6.07) is 7.81. The molecule has 5 heteroatoms. The Balaban J connectivity index is 2.21. The fourth-order valence-corrected chi connectivity index (χ4v) is 2.87. The van der Waals surface area contributed by atoms with Crippen molar-refractivity contribution in [3.05, 3.63) is 41.2 Å². The third-order valence-electron chi connectivity index (χ3n) is 2.75. The van der Waals surface area contributed by atoms with Crippen molar-refractivity contribution in [1.82, 2.24) is 9.97 Å². The van der Waals surface area contributed by atoms with Gasteiger partial charge in [0.1, 0.15) is 0 Å². The number of rotatable bonds is 2. The first-order chi connectivity index (χ1) is 8.65. The average Bonchev–Trinajstić information content (AvgIpc) is 2.93. The minimum absolute atomic E-state index is 0.132. The zero-order valence-corrected chi connectivity index (χ0v) is 10.4. The summed E-state index contributed by atoms with van der Waals surface area (Å²) in [6.07, 6.45) is 1.87. The molecule has 3 rings (SSSR count). The number of benzene rings is 1. The third kappa shape index (κ3) is 1.69. The molecule has 2 heterocycles. The standard InChI is InChI=1S/C13H10N2O2S/c1-7-15-11(13(16)17)12(18-7)9-2-3-10-8(6-9)4-5-14-10/h2-6,14H,1H3,(H,16,17). The highest BCUT2D eigenvalue weighted by molar-refractivity contribution is 7.15. The second-order valence-electron chi connectivity index (χ2n) is 4.00. The molecule has 0 fully saturated rings. The van der Waals surface area contributed by atoms with Crippen LogP contribution in [0.2, 0.25) is 0 Å². The van der Waals surface area contributed by atoms with Crippen molar-refractivity contribution in [1.29, 1.82) is 0 Å². The van der Waals surface area contributed by atoms with E-state index in [1.165, 1.54) is 11.3 Å². The van der Waals surface area contributed by atoms with Crippen LogP contribution >= 0.6 is 11.3 Å². The highest BCUT2D eigenvalue weighted by atomic mass is 32.1. The summed E-state index contributed by atoms with van der Waals surface area (Å²) in [5.41, 5.74) is 2.06. The van der Waals surface area contributed by atoms with Gasteiger partial charge in [0.05, 0.1) is 9.88 Å². The Bertz CT molecular complexity index is 742. The summed E-state index contributed by atoms with van der Waals surface area (Å²) >= 11 is 1.40. The first kappa shape index (κ1) is 11.0. The van der Waals surface area contributed by atoms with Gasteiger partial charge >= 0.3 is 5.97 Å². The maximum Gasteiger partial charge on any atom is 0.356 e. The van der Waals surface area contributed by atoms with Crippen molar-refractivity contribution in [3.8, 4) is 10.4 Å². The second-order valence-corrected chi connectivity index (χ2v) is 5.20. The van der Waals surface area contributed by atoms with Gasteiger partial charge in [-0.05, 0) is 36.1 Å². The molecule has 0 bridgehead atoms. The molecule has 2 aromatic heterocycles. The van der Waals surface area contributed by atoms with Crippen molar-refractivity contribution >= 4 is 28.2 Å². The lowest BCUT2D eigenvalue weighted by molar-refractivity contribution is 0.0692. The van der Waals surface area contributed by atoms with Gasteiger partial charge in [-0.15, -0.1) is 11.3 Å². The third-order valence-corrected chi connectivity index (χ3v) is 3.77. The first-order valence-corrected chi connectivity index (χ1v) is 6.25. The van der Waals surface area contributed by atoms with Crippen molar-refractivity contribution in [2.45, 2.75) is 6.92 Å². The normalized spacial score (nSPS) is 10.9. The van der Waals surface area contributed by atoms with Crippen molar-refractivity contribution in [3.63, 3.8) is 0 Å². The zero-order valence-electron chi connectivity index (χ0n) is 9.60. The summed E-state index contributed by atoms with van der Waals surface area (Å²) < 4.78 is 0. The topological polar surface area (TPSA) is 66.0 Å². The van der Waals surface area contributed by atoms with Crippen LogP contribution in [0.1, 0.15) is 15.5 Å². The lowest BCUT2D eigenvalue weighted by Crippen LogP contribution is -1.98. The summed E-state index contributed by atoms with van der Waals surface area (Å²) in [7, 11) is 0. The molecule has 3 aromatic rings. The van der Waals surface area contributed by atoms with Crippen molar-refractivity contribution < 1.29 is 9.90 Å². The quantitative estimate of drug-likeness (QED) is 0.741. The Morgan fingerprint density at radius 1 is 1.39 bits per heavy atom. The number of aryl methyl sites for hydroxylation is 1. The van der Waals surface area contributed by atoms with Crippen LogP contribution in [0.5, 0.6) is 0 Å². The number of carbonyl (C=O) groups is 1. The number of nitrogens with zero attached hydrogens (tertiary/aromatic N) is 1. The van der Waals surface area contributed by atoms with Gasteiger partial charge in [0.25, 0.3) is 0 Å². The van der Waals surface area contributed by atoms with Gasteiger partial charge in [0, 0.05) is 11.7 Å². The summed E-state index contributed by atoms with van der Waals surface area (Å²) in [4.78, 5) is 19.0.